The fraction of sp³-hybridized carbons (Fsp3) is 0.125. The van der Waals surface area contributed by atoms with Crippen molar-refractivity contribution >= 4 is 17.7 Å². The SMILES string of the molecule is Clc1ccc2c(c1)=NCC=2. The van der Waals surface area contributed by atoms with E-state index in [9.17, 15) is 0 Å². The van der Waals surface area contributed by atoms with Crippen LogP contribution in [0.15, 0.2) is 23.2 Å². The molecule has 0 saturated carbocycles. The van der Waals surface area contributed by atoms with Crippen LogP contribution in [-0.2, 0) is 0 Å². The van der Waals surface area contributed by atoms with Crippen LogP contribution in [-0.4, -0.2) is 6.54 Å². The summed E-state index contributed by atoms with van der Waals surface area (Å²) in [7, 11) is 0. The van der Waals surface area contributed by atoms with E-state index in [0.29, 0.717) is 0 Å². The van der Waals surface area contributed by atoms with Gasteiger partial charge in [-0.15, -0.1) is 0 Å². The van der Waals surface area contributed by atoms with Gasteiger partial charge in [0, 0.05) is 5.02 Å². The normalized spacial score (nSPS) is 13.7. The number of benzene rings is 1. The van der Waals surface area contributed by atoms with E-state index < -0.39 is 0 Å². The number of hydrogen-bond acceptors (Lipinski definition) is 1. The van der Waals surface area contributed by atoms with Crippen molar-refractivity contribution in [3.63, 3.8) is 0 Å². The molecule has 50 valence electrons. The quantitative estimate of drug-likeness (QED) is 0.519. The predicted molar refractivity (Wildman–Crippen MR) is 41.6 cm³/mol. The molecule has 1 heterocycles. The lowest BCUT2D eigenvalue weighted by atomic mass is 10.3. The van der Waals surface area contributed by atoms with Crippen LogP contribution < -0.4 is 10.6 Å². The van der Waals surface area contributed by atoms with Crippen LogP contribution in [0.1, 0.15) is 0 Å². The molecule has 0 bridgehead atoms. The lowest BCUT2D eigenvalue weighted by Crippen LogP contribution is -2.20. The molecule has 0 aliphatic carbocycles. The average Bonchev–Trinajstić information content (AvgIpc) is 2.33. The molecule has 1 aromatic carbocycles. The Morgan fingerprint density at radius 2 is 2.30 bits per heavy atom. The molecule has 0 N–H and O–H groups in total. The molecule has 0 aromatic heterocycles. The van der Waals surface area contributed by atoms with Crippen LogP contribution >= 0.6 is 11.6 Å². The van der Waals surface area contributed by atoms with Crippen LogP contribution in [0.25, 0.3) is 6.08 Å². The van der Waals surface area contributed by atoms with Gasteiger partial charge >= 0.3 is 0 Å². The number of rotatable bonds is 0. The van der Waals surface area contributed by atoms with Gasteiger partial charge in [0.05, 0.1) is 11.9 Å². The van der Waals surface area contributed by atoms with Gasteiger partial charge in [-0.3, -0.25) is 4.99 Å². The third-order valence-electron chi connectivity index (χ3n) is 1.57. The van der Waals surface area contributed by atoms with Crippen molar-refractivity contribution in [3.05, 3.63) is 33.8 Å². The van der Waals surface area contributed by atoms with Crippen LogP contribution in [0.5, 0.6) is 0 Å². The Kier molecular flexibility index (Phi) is 1.24. The monoisotopic (exact) mass is 151 g/mol. The maximum absolute atomic E-state index is 5.75. The van der Waals surface area contributed by atoms with Gasteiger partial charge in [-0.1, -0.05) is 23.7 Å². The number of hydrogen-bond donors (Lipinski definition) is 0. The predicted octanol–water partition coefficient (Wildman–Crippen LogP) is 0.754. The highest BCUT2D eigenvalue weighted by Crippen LogP contribution is 2.00. The summed E-state index contributed by atoms with van der Waals surface area (Å²) in [5.41, 5.74) is 0. The van der Waals surface area contributed by atoms with Gasteiger partial charge in [0.25, 0.3) is 0 Å². The molecule has 1 aliphatic rings. The van der Waals surface area contributed by atoms with Crippen molar-refractivity contribution in [2.24, 2.45) is 4.99 Å². The highest BCUT2D eigenvalue weighted by atomic mass is 35.5. The third kappa shape index (κ3) is 0.830. The van der Waals surface area contributed by atoms with Gasteiger partial charge in [-0.05, 0) is 17.4 Å². The van der Waals surface area contributed by atoms with Crippen LogP contribution in [0.3, 0.4) is 0 Å². The van der Waals surface area contributed by atoms with Crippen molar-refractivity contribution in [3.8, 4) is 0 Å². The van der Waals surface area contributed by atoms with E-state index in [2.05, 4.69) is 11.1 Å². The van der Waals surface area contributed by atoms with E-state index in [1.165, 1.54) is 5.22 Å². The first-order chi connectivity index (χ1) is 4.86. The minimum absolute atomic E-state index is 0.762. The van der Waals surface area contributed by atoms with E-state index in [-0.39, 0.29) is 0 Å². The highest BCUT2D eigenvalue weighted by Gasteiger charge is 1.93. The zero-order valence-corrected chi connectivity index (χ0v) is 6.10. The van der Waals surface area contributed by atoms with Gasteiger partial charge in [0.2, 0.25) is 0 Å². The Bertz CT molecular complexity index is 367. The maximum atomic E-state index is 5.75. The first-order valence-electron chi connectivity index (χ1n) is 3.16. The van der Waals surface area contributed by atoms with Crippen molar-refractivity contribution < 1.29 is 0 Å². The first-order valence-corrected chi connectivity index (χ1v) is 3.54. The Balaban J connectivity index is 2.88. The Morgan fingerprint density at radius 3 is 3.20 bits per heavy atom. The van der Waals surface area contributed by atoms with Gasteiger partial charge in [0.1, 0.15) is 0 Å². The standard InChI is InChI=1S/C8H6ClN/c9-7-2-1-6-3-4-10-8(6)5-7/h1-3,5H,4H2. The van der Waals surface area contributed by atoms with Gasteiger partial charge < -0.3 is 0 Å². The van der Waals surface area contributed by atoms with E-state index in [1.807, 2.05) is 18.2 Å². The number of nitrogens with zero attached hydrogens (tertiary/aromatic N) is 1. The molecule has 2 rings (SSSR count). The van der Waals surface area contributed by atoms with E-state index in [0.717, 1.165) is 16.9 Å². The molecule has 0 saturated heterocycles. The molecule has 0 atom stereocenters. The highest BCUT2D eigenvalue weighted by molar-refractivity contribution is 6.30. The Labute approximate surface area is 63.7 Å². The zero-order valence-electron chi connectivity index (χ0n) is 5.34. The second kappa shape index (κ2) is 2.10. The van der Waals surface area contributed by atoms with Gasteiger partial charge in [-0.2, -0.15) is 0 Å². The minimum Gasteiger partial charge on any atom is -0.281 e. The lowest BCUT2D eigenvalue weighted by Gasteiger charge is -1.84. The molecule has 0 radical (unpaired) electrons. The summed E-state index contributed by atoms with van der Waals surface area (Å²) in [5.74, 6) is 0. The largest absolute Gasteiger partial charge is 0.281 e. The Hall–Kier alpha value is -0.820. The van der Waals surface area contributed by atoms with Crippen LogP contribution in [0.2, 0.25) is 5.02 Å². The topological polar surface area (TPSA) is 12.4 Å². The average molecular weight is 152 g/mol. The molecule has 2 heteroatoms. The summed E-state index contributed by atoms with van der Waals surface area (Å²) in [5, 5.41) is 2.98. The number of fused-ring (bicyclic) bond motifs is 1. The van der Waals surface area contributed by atoms with Crippen molar-refractivity contribution in [2.75, 3.05) is 6.54 Å². The lowest BCUT2D eigenvalue weighted by molar-refractivity contribution is 1.22. The fourth-order valence-corrected chi connectivity index (χ4v) is 1.24. The maximum Gasteiger partial charge on any atom is 0.0662 e. The second-order valence-electron chi connectivity index (χ2n) is 2.25. The summed E-state index contributed by atoms with van der Waals surface area (Å²) in [4.78, 5) is 4.22. The van der Waals surface area contributed by atoms with Crippen LogP contribution in [0.4, 0.5) is 0 Å². The molecule has 1 aromatic rings. The molecular weight excluding hydrogens is 146 g/mol. The molecular formula is C8H6ClN. The van der Waals surface area contributed by atoms with Crippen molar-refractivity contribution in [2.45, 2.75) is 0 Å². The zero-order chi connectivity index (χ0) is 6.97. The number of halogens is 1. The smallest absolute Gasteiger partial charge is 0.0662 e. The molecule has 0 spiro atoms. The van der Waals surface area contributed by atoms with Gasteiger partial charge in [0.15, 0.2) is 0 Å². The fourth-order valence-electron chi connectivity index (χ4n) is 1.07. The third-order valence-corrected chi connectivity index (χ3v) is 1.80. The molecule has 1 aliphatic heterocycles. The van der Waals surface area contributed by atoms with E-state index >= 15 is 0 Å². The van der Waals surface area contributed by atoms with Crippen molar-refractivity contribution in [1.29, 1.82) is 0 Å². The summed E-state index contributed by atoms with van der Waals surface area (Å²) in [6.07, 6.45) is 2.09. The Morgan fingerprint density at radius 1 is 1.40 bits per heavy atom. The molecule has 0 unspecified atom stereocenters. The molecule has 10 heavy (non-hydrogen) atoms. The summed E-state index contributed by atoms with van der Waals surface area (Å²) < 4.78 is 0. The first kappa shape index (κ1) is 5.93. The van der Waals surface area contributed by atoms with Crippen LogP contribution in [0, 0.1) is 0 Å². The molecule has 0 amide bonds. The molecule has 0 fully saturated rings. The minimum atomic E-state index is 0.762. The summed E-state index contributed by atoms with van der Waals surface area (Å²) >= 11 is 5.75. The molecule has 1 nitrogen and oxygen atoms in total. The summed E-state index contributed by atoms with van der Waals surface area (Å²) in [6, 6.07) is 5.77. The van der Waals surface area contributed by atoms with Crippen molar-refractivity contribution in [1.82, 2.24) is 0 Å². The van der Waals surface area contributed by atoms with E-state index in [4.69, 9.17) is 11.6 Å². The second-order valence-corrected chi connectivity index (χ2v) is 2.68. The van der Waals surface area contributed by atoms with Gasteiger partial charge in [-0.25, -0.2) is 0 Å². The van der Waals surface area contributed by atoms with E-state index in [1.54, 1.807) is 0 Å². The summed E-state index contributed by atoms with van der Waals surface area (Å²) in [6.45, 7) is 0.801.